The minimum Gasteiger partial charge on any atom is -0.493 e. The number of esters is 1. The lowest BCUT2D eigenvalue weighted by Crippen LogP contribution is -2.52. The molecular weight excluding hydrogens is 512 g/mol. The average molecular weight is 551 g/mol. The van der Waals surface area contributed by atoms with Crippen LogP contribution in [-0.4, -0.2) is 74.4 Å². The predicted molar refractivity (Wildman–Crippen MR) is 152 cm³/mol. The Morgan fingerprint density at radius 2 is 1.90 bits per heavy atom. The Labute approximate surface area is 235 Å². The van der Waals surface area contributed by atoms with Crippen LogP contribution >= 0.6 is 0 Å². The number of fused-ring (bicyclic) bond motifs is 2. The number of amides is 1. The van der Waals surface area contributed by atoms with Crippen molar-refractivity contribution >= 4 is 29.2 Å². The highest BCUT2D eigenvalue weighted by atomic mass is 16.6. The molecule has 0 saturated heterocycles. The summed E-state index contributed by atoms with van der Waals surface area (Å²) >= 11 is 0. The molecule has 0 aliphatic carbocycles. The highest BCUT2D eigenvalue weighted by Crippen LogP contribution is 2.38. The Kier molecular flexibility index (Phi) is 8.96. The quantitative estimate of drug-likeness (QED) is 0.320. The van der Waals surface area contributed by atoms with Crippen LogP contribution in [0.3, 0.4) is 0 Å². The Bertz CT molecular complexity index is 1310. The average Bonchev–Trinajstić information content (AvgIpc) is 3.25. The summed E-state index contributed by atoms with van der Waals surface area (Å²) in [4.78, 5) is 42.2. The number of benzene rings is 2. The van der Waals surface area contributed by atoms with Gasteiger partial charge in [0.05, 0.1) is 37.1 Å². The van der Waals surface area contributed by atoms with Crippen LogP contribution in [0.1, 0.15) is 71.9 Å². The first-order valence-corrected chi connectivity index (χ1v) is 13.8. The number of amidine groups is 1. The van der Waals surface area contributed by atoms with Crippen LogP contribution in [-0.2, 0) is 16.1 Å². The smallest absolute Gasteiger partial charge is 0.349 e. The van der Waals surface area contributed by atoms with Crippen molar-refractivity contribution in [1.82, 2.24) is 10.2 Å². The maximum Gasteiger partial charge on any atom is 0.349 e. The van der Waals surface area contributed by atoms with E-state index in [-0.39, 0.29) is 42.7 Å². The maximum atomic E-state index is 13.4. The molecule has 40 heavy (non-hydrogen) atoms. The molecule has 4 rings (SSSR count). The summed E-state index contributed by atoms with van der Waals surface area (Å²) < 4.78 is 17.1. The minimum absolute atomic E-state index is 0.000855. The zero-order valence-electron chi connectivity index (χ0n) is 23.8. The summed E-state index contributed by atoms with van der Waals surface area (Å²) in [6.07, 6.45) is 1.91. The van der Waals surface area contributed by atoms with Crippen LogP contribution in [0, 0.1) is 5.41 Å². The fourth-order valence-electron chi connectivity index (χ4n) is 5.27. The van der Waals surface area contributed by atoms with Gasteiger partial charge >= 0.3 is 5.97 Å². The van der Waals surface area contributed by atoms with E-state index in [2.05, 4.69) is 12.2 Å². The molecule has 0 bridgehead atoms. The summed E-state index contributed by atoms with van der Waals surface area (Å²) in [6, 6.07) is 8.43. The third-order valence-corrected chi connectivity index (χ3v) is 7.38. The number of hydrogen-bond acceptors (Lipinski definition) is 8. The number of ether oxygens (including phenoxy) is 3. The number of nitrogens with zero attached hydrogens (tertiary/aromatic N) is 2. The molecular formula is C30H38N4O6. The fraction of sp³-hybridized carbons (Fsp3) is 0.467. The monoisotopic (exact) mass is 550 g/mol. The van der Waals surface area contributed by atoms with Gasteiger partial charge in [-0.05, 0) is 56.2 Å². The Morgan fingerprint density at radius 1 is 1.12 bits per heavy atom. The summed E-state index contributed by atoms with van der Waals surface area (Å²) in [5.74, 6) is 0.334. The summed E-state index contributed by atoms with van der Waals surface area (Å²) in [5, 5.41) is 11.3. The normalized spacial score (nSPS) is 17.6. The molecule has 0 radical (unpaired) electrons. The van der Waals surface area contributed by atoms with Crippen molar-refractivity contribution in [1.29, 1.82) is 5.41 Å². The number of nitrogens with one attached hydrogen (secondary N) is 2. The van der Waals surface area contributed by atoms with Crippen LogP contribution in [0.5, 0.6) is 11.5 Å². The van der Waals surface area contributed by atoms with Crippen LogP contribution in [0.2, 0.25) is 0 Å². The minimum atomic E-state index is -0.740. The number of anilines is 1. The van der Waals surface area contributed by atoms with Crippen LogP contribution in [0.4, 0.5) is 5.69 Å². The molecule has 2 heterocycles. The molecule has 2 unspecified atom stereocenters. The lowest BCUT2D eigenvalue weighted by atomic mass is 9.98. The second-order valence-corrected chi connectivity index (χ2v) is 9.94. The molecule has 0 spiro atoms. The highest BCUT2D eigenvalue weighted by Gasteiger charge is 2.39. The molecule has 2 N–H and O–H groups in total. The van der Waals surface area contributed by atoms with Gasteiger partial charge in [0, 0.05) is 31.8 Å². The number of hydrogen-bond donors (Lipinski definition) is 2. The fourth-order valence-corrected chi connectivity index (χ4v) is 5.27. The number of Topliss-reactive ketones (excluding diaryl/α,β-unsaturated/α-hetero) is 1. The number of rotatable bonds is 11. The SMILES string of the molecule is CCCCC1C(C(=O)OCC)Oc2ccc(C(=O)CN3Cc4cc(OCC)c(C(=O)NC)cc4C3=N)cc2N1C. The number of ketones is 1. The zero-order valence-corrected chi connectivity index (χ0v) is 23.8. The van der Waals surface area contributed by atoms with Gasteiger partial charge in [0.1, 0.15) is 17.3 Å². The van der Waals surface area contributed by atoms with Crippen molar-refractivity contribution in [3.63, 3.8) is 0 Å². The molecule has 10 heteroatoms. The molecule has 0 aromatic heterocycles. The third kappa shape index (κ3) is 5.61. The Balaban J connectivity index is 1.55. The third-order valence-electron chi connectivity index (χ3n) is 7.38. The van der Waals surface area contributed by atoms with Gasteiger partial charge in [-0.2, -0.15) is 0 Å². The molecule has 214 valence electrons. The van der Waals surface area contributed by atoms with Crippen molar-refractivity contribution in [3.8, 4) is 11.5 Å². The van der Waals surface area contributed by atoms with E-state index < -0.39 is 6.10 Å². The zero-order chi connectivity index (χ0) is 29.0. The predicted octanol–water partition coefficient (Wildman–Crippen LogP) is 3.79. The van der Waals surface area contributed by atoms with E-state index in [1.807, 2.05) is 18.9 Å². The van der Waals surface area contributed by atoms with Gasteiger partial charge in [0.25, 0.3) is 5.91 Å². The van der Waals surface area contributed by atoms with Crippen LogP contribution < -0.4 is 19.7 Å². The van der Waals surface area contributed by atoms with Gasteiger partial charge in [-0.1, -0.05) is 19.8 Å². The summed E-state index contributed by atoms with van der Waals surface area (Å²) in [6.45, 7) is 6.76. The molecule has 1 amide bonds. The number of carbonyl (C=O) groups excluding carboxylic acids is 3. The topological polar surface area (TPSA) is 121 Å². The van der Waals surface area contributed by atoms with Crippen molar-refractivity contribution in [3.05, 3.63) is 52.6 Å². The Hall–Kier alpha value is -4.08. The van der Waals surface area contributed by atoms with E-state index in [0.29, 0.717) is 41.3 Å². The molecule has 2 atom stereocenters. The molecule has 0 saturated carbocycles. The number of likely N-dealkylation sites (N-methyl/N-ethyl adjacent to an activating group) is 1. The van der Waals surface area contributed by atoms with Crippen LogP contribution in [0.25, 0.3) is 0 Å². The van der Waals surface area contributed by atoms with Gasteiger partial charge < -0.3 is 29.3 Å². The Morgan fingerprint density at radius 3 is 2.58 bits per heavy atom. The lowest BCUT2D eigenvalue weighted by Gasteiger charge is -2.40. The molecule has 2 aromatic rings. The standard InChI is InChI=1S/C30H38N4O6/c1-6-9-10-22-27(30(37)39-8-3)40-25-12-11-18(13-23(25)33(22)5)24(35)17-34-16-19-14-26(38-7-2)21(29(36)32-4)15-20(19)28(34)31/h11-15,22,27,31H,6-10,16-17H2,1-5H3,(H,32,36). The lowest BCUT2D eigenvalue weighted by molar-refractivity contribution is -0.153. The van der Waals surface area contributed by atoms with E-state index >= 15 is 0 Å². The van der Waals surface area contributed by atoms with Crippen molar-refractivity contribution in [2.45, 2.75) is 58.7 Å². The summed E-state index contributed by atoms with van der Waals surface area (Å²) in [7, 11) is 3.46. The largest absolute Gasteiger partial charge is 0.493 e. The van der Waals surface area contributed by atoms with Crippen molar-refractivity contribution in [2.75, 3.05) is 38.8 Å². The molecule has 0 fully saturated rings. The van der Waals surface area contributed by atoms with Gasteiger partial charge in [0.2, 0.25) is 6.10 Å². The second kappa shape index (κ2) is 12.4. The molecule has 10 nitrogen and oxygen atoms in total. The summed E-state index contributed by atoms with van der Waals surface area (Å²) in [5.41, 5.74) is 3.03. The first kappa shape index (κ1) is 28.9. The van der Waals surface area contributed by atoms with E-state index in [1.165, 1.54) is 0 Å². The number of unbranched alkanes of at least 4 members (excludes halogenated alkanes) is 1. The van der Waals surface area contributed by atoms with Gasteiger partial charge in [0.15, 0.2) is 5.78 Å². The van der Waals surface area contributed by atoms with E-state index in [4.69, 9.17) is 19.6 Å². The first-order valence-electron chi connectivity index (χ1n) is 13.8. The first-order chi connectivity index (χ1) is 19.2. The highest BCUT2D eigenvalue weighted by molar-refractivity contribution is 6.07. The molecule has 2 aliphatic rings. The van der Waals surface area contributed by atoms with Crippen LogP contribution in [0.15, 0.2) is 30.3 Å². The van der Waals surface area contributed by atoms with Crippen molar-refractivity contribution < 1.29 is 28.6 Å². The van der Waals surface area contributed by atoms with Gasteiger partial charge in [-0.3, -0.25) is 15.0 Å². The second-order valence-electron chi connectivity index (χ2n) is 9.94. The molecule has 2 aliphatic heterocycles. The van der Waals surface area contributed by atoms with E-state index in [0.717, 1.165) is 30.5 Å². The van der Waals surface area contributed by atoms with E-state index in [9.17, 15) is 14.4 Å². The molecule has 2 aromatic carbocycles. The maximum absolute atomic E-state index is 13.4. The van der Waals surface area contributed by atoms with Gasteiger partial charge in [-0.25, -0.2) is 4.79 Å². The van der Waals surface area contributed by atoms with Gasteiger partial charge in [-0.15, -0.1) is 0 Å². The van der Waals surface area contributed by atoms with E-state index in [1.54, 1.807) is 49.2 Å². The number of carbonyl (C=O) groups is 3. The van der Waals surface area contributed by atoms with Crippen molar-refractivity contribution in [2.24, 2.45) is 0 Å².